The van der Waals surface area contributed by atoms with Gasteiger partial charge in [-0.2, -0.15) is 0 Å². The second-order valence-corrected chi connectivity index (χ2v) is 7.51. The summed E-state index contributed by atoms with van der Waals surface area (Å²) in [6.07, 6.45) is 7.66. The number of nitrogens with two attached hydrogens (primary N) is 2. The molecule has 29 heavy (non-hydrogen) atoms. The molecule has 0 bridgehead atoms. The van der Waals surface area contributed by atoms with Gasteiger partial charge in [0.15, 0.2) is 0 Å². The summed E-state index contributed by atoms with van der Waals surface area (Å²) in [5.41, 5.74) is 17.4. The number of aldehydes is 1. The van der Waals surface area contributed by atoms with E-state index in [1.807, 2.05) is 7.05 Å². The summed E-state index contributed by atoms with van der Waals surface area (Å²) in [5, 5.41) is 12.3. The van der Waals surface area contributed by atoms with E-state index in [0.717, 1.165) is 57.8 Å². The van der Waals surface area contributed by atoms with Gasteiger partial charge < -0.3 is 26.7 Å². The van der Waals surface area contributed by atoms with Crippen molar-refractivity contribution < 1.29 is 19.5 Å². The molecule has 0 aliphatic rings. The summed E-state index contributed by atoms with van der Waals surface area (Å²) >= 11 is 0. The zero-order valence-electron chi connectivity index (χ0n) is 17.8. The van der Waals surface area contributed by atoms with Crippen LogP contribution in [0.3, 0.4) is 0 Å². The third-order valence-corrected chi connectivity index (χ3v) is 4.93. The Labute approximate surface area is 174 Å². The molecule has 0 saturated heterocycles. The van der Waals surface area contributed by atoms with Crippen LogP contribution in [0.5, 0.6) is 0 Å². The van der Waals surface area contributed by atoms with Crippen molar-refractivity contribution >= 4 is 18.0 Å². The Balaban J connectivity index is 3.96. The molecule has 0 spiro atoms. The molecule has 9 heteroatoms. The molecule has 9 nitrogen and oxygen atoms in total. The first-order valence-electron chi connectivity index (χ1n) is 10.8. The number of hydrogen-bond donors (Lipinski definition) is 6. The molecule has 0 aliphatic carbocycles. The number of carbonyl (C=O) groups excluding carboxylic acids is 2. The topological polar surface area (TPSA) is 160 Å². The maximum Gasteiger partial charge on any atom is 0.306 e. The molecule has 0 aromatic heterocycles. The van der Waals surface area contributed by atoms with E-state index < -0.39 is 17.9 Å². The van der Waals surface area contributed by atoms with E-state index in [9.17, 15) is 19.5 Å². The molecule has 2 unspecified atom stereocenters. The Kier molecular flexibility index (Phi) is 17.7. The lowest BCUT2D eigenvalue weighted by Crippen LogP contribution is -2.42. The Hall–Kier alpha value is -1.39. The van der Waals surface area contributed by atoms with Crippen molar-refractivity contribution in [1.29, 1.82) is 0 Å². The minimum absolute atomic E-state index is 0.000324. The fourth-order valence-electron chi connectivity index (χ4n) is 3.02. The van der Waals surface area contributed by atoms with E-state index in [-0.39, 0.29) is 18.2 Å². The average Bonchev–Trinajstić information content (AvgIpc) is 2.70. The van der Waals surface area contributed by atoms with Crippen LogP contribution in [-0.2, 0) is 14.4 Å². The predicted octanol–water partition coefficient (Wildman–Crippen LogP) is 0.324. The van der Waals surface area contributed by atoms with Gasteiger partial charge in [-0.1, -0.05) is 19.3 Å². The van der Waals surface area contributed by atoms with Crippen molar-refractivity contribution in [2.75, 3.05) is 26.7 Å². The quantitative estimate of drug-likeness (QED) is 0.0881. The lowest BCUT2D eigenvalue weighted by atomic mass is 9.92. The van der Waals surface area contributed by atoms with Crippen LogP contribution in [0.2, 0.25) is 0 Å². The molecule has 0 heterocycles. The molecule has 0 saturated carbocycles. The number of carboxylic acid groups (broad SMARTS) is 1. The number of carbonyl (C=O) groups is 3. The molecule has 0 aliphatic heterocycles. The highest BCUT2D eigenvalue weighted by Gasteiger charge is 2.23. The SMILES string of the molecule is CNCCCCC(CC(=O)C(N)CCCCNN[C@H](C=O)CCCCN)C(=O)O. The number of nitrogens with one attached hydrogen (secondary N) is 3. The van der Waals surface area contributed by atoms with E-state index in [4.69, 9.17) is 11.5 Å². The summed E-state index contributed by atoms with van der Waals surface area (Å²) in [6.45, 7) is 2.12. The number of hydrogen-bond acceptors (Lipinski definition) is 8. The zero-order valence-corrected chi connectivity index (χ0v) is 17.8. The largest absolute Gasteiger partial charge is 0.481 e. The van der Waals surface area contributed by atoms with Crippen LogP contribution in [0.15, 0.2) is 0 Å². The maximum absolute atomic E-state index is 12.2. The van der Waals surface area contributed by atoms with Gasteiger partial charge in [-0.05, 0) is 58.7 Å². The number of aliphatic carboxylic acids is 1. The highest BCUT2D eigenvalue weighted by Crippen LogP contribution is 2.15. The lowest BCUT2D eigenvalue weighted by molar-refractivity contribution is -0.144. The lowest BCUT2D eigenvalue weighted by Gasteiger charge is -2.16. The molecular weight excluding hydrogens is 374 g/mol. The molecule has 170 valence electrons. The highest BCUT2D eigenvalue weighted by atomic mass is 16.4. The molecule has 0 rings (SSSR count). The zero-order chi connectivity index (χ0) is 21.9. The summed E-state index contributed by atoms with van der Waals surface area (Å²) in [4.78, 5) is 34.6. The number of Topliss-reactive ketones (excluding diaryl/α,β-unsaturated/α-hetero) is 1. The maximum atomic E-state index is 12.2. The van der Waals surface area contributed by atoms with Crippen molar-refractivity contribution in [3.63, 3.8) is 0 Å². The van der Waals surface area contributed by atoms with Gasteiger partial charge in [0.25, 0.3) is 0 Å². The Bertz CT molecular complexity index is 451. The van der Waals surface area contributed by atoms with Gasteiger partial charge >= 0.3 is 5.97 Å². The summed E-state index contributed by atoms with van der Waals surface area (Å²) in [5.74, 6) is -1.77. The molecule has 3 atom stereocenters. The fourth-order valence-corrected chi connectivity index (χ4v) is 3.02. The molecule has 0 amide bonds. The minimum atomic E-state index is -0.929. The predicted molar refractivity (Wildman–Crippen MR) is 114 cm³/mol. The van der Waals surface area contributed by atoms with Gasteiger partial charge in [-0.3, -0.25) is 15.0 Å². The number of ketones is 1. The number of hydrazine groups is 1. The molecule has 0 radical (unpaired) electrons. The molecule has 0 fully saturated rings. The van der Waals surface area contributed by atoms with E-state index in [1.165, 1.54) is 0 Å². The first-order valence-corrected chi connectivity index (χ1v) is 10.8. The Morgan fingerprint density at radius 3 is 2.28 bits per heavy atom. The van der Waals surface area contributed by atoms with Crippen molar-refractivity contribution in [2.45, 2.75) is 76.3 Å². The molecule has 0 aromatic rings. The highest BCUT2D eigenvalue weighted by molar-refractivity contribution is 5.87. The molecular formula is C20H41N5O4. The van der Waals surface area contributed by atoms with Gasteiger partial charge in [0, 0.05) is 13.0 Å². The van der Waals surface area contributed by atoms with Crippen LogP contribution >= 0.6 is 0 Å². The van der Waals surface area contributed by atoms with E-state index in [0.29, 0.717) is 25.9 Å². The van der Waals surface area contributed by atoms with Gasteiger partial charge in [0.2, 0.25) is 0 Å². The molecule has 8 N–H and O–H groups in total. The van der Waals surface area contributed by atoms with Gasteiger partial charge in [0.1, 0.15) is 12.1 Å². The first kappa shape index (κ1) is 27.6. The second-order valence-electron chi connectivity index (χ2n) is 7.51. The van der Waals surface area contributed by atoms with Crippen molar-refractivity contribution in [3.8, 4) is 0 Å². The van der Waals surface area contributed by atoms with Crippen LogP contribution in [0.1, 0.15) is 64.2 Å². The Morgan fingerprint density at radius 1 is 1.00 bits per heavy atom. The third-order valence-electron chi connectivity index (χ3n) is 4.93. The van der Waals surface area contributed by atoms with Crippen LogP contribution in [0.4, 0.5) is 0 Å². The van der Waals surface area contributed by atoms with Crippen molar-refractivity contribution in [3.05, 3.63) is 0 Å². The Morgan fingerprint density at radius 2 is 1.66 bits per heavy atom. The van der Waals surface area contributed by atoms with E-state index >= 15 is 0 Å². The van der Waals surface area contributed by atoms with Crippen molar-refractivity contribution in [2.24, 2.45) is 17.4 Å². The van der Waals surface area contributed by atoms with Gasteiger partial charge in [-0.25, -0.2) is 5.43 Å². The summed E-state index contributed by atoms with van der Waals surface area (Å²) in [7, 11) is 1.85. The van der Waals surface area contributed by atoms with Crippen LogP contribution < -0.4 is 27.6 Å². The third kappa shape index (κ3) is 15.2. The van der Waals surface area contributed by atoms with Crippen LogP contribution in [0, 0.1) is 5.92 Å². The van der Waals surface area contributed by atoms with Crippen LogP contribution in [0.25, 0.3) is 0 Å². The number of carboxylic acids is 1. The normalized spacial score (nSPS) is 14.3. The van der Waals surface area contributed by atoms with Crippen LogP contribution in [-0.4, -0.2) is 61.9 Å². The van der Waals surface area contributed by atoms with Crippen molar-refractivity contribution in [1.82, 2.24) is 16.2 Å². The fraction of sp³-hybridized carbons (Fsp3) is 0.850. The summed E-state index contributed by atoms with van der Waals surface area (Å²) < 4.78 is 0. The first-order chi connectivity index (χ1) is 14.0. The molecule has 0 aromatic carbocycles. The number of rotatable bonds is 21. The monoisotopic (exact) mass is 415 g/mol. The van der Waals surface area contributed by atoms with E-state index in [2.05, 4.69) is 16.2 Å². The van der Waals surface area contributed by atoms with Gasteiger partial charge in [0.05, 0.1) is 18.0 Å². The minimum Gasteiger partial charge on any atom is -0.481 e. The van der Waals surface area contributed by atoms with E-state index in [1.54, 1.807) is 0 Å². The average molecular weight is 416 g/mol. The standard InChI is InChI=1S/C20H41N5O4/c1-23-12-6-3-8-16(20(28)29)14-19(27)18(22)10-4-7-13-24-25-17(15-26)9-2-5-11-21/h15-18,23-25H,2-14,21-22H2,1H3,(H,28,29)/t16?,17-,18?/m0/s1. The smallest absolute Gasteiger partial charge is 0.306 e. The number of unbranched alkanes of at least 4 members (excludes halogenated alkanes) is 3. The summed E-state index contributed by atoms with van der Waals surface area (Å²) in [6, 6.07) is -0.854. The van der Waals surface area contributed by atoms with Gasteiger partial charge in [-0.15, -0.1) is 0 Å². The second kappa shape index (κ2) is 18.6.